The zero-order chi connectivity index (χ0) is 11.5. The van der Waals surface area contributed by atoms with Crippen molar-refractivity contribution in [3.63, 3.8) is 0 Å². The smallest absolute Gasteiger partial charge is 0.150 e. The average molecular weight is 241 g/mol. The molecule has 0 radical (unpaired) electrons. The molecular weight excluding hydrogens is 224 g/mol. The molecule has 1 aliphatic carbocycles. The molecule has 88 valence electrons. The Bertz CT molecular complexity index is 350. The van der Waals surface area contributed by atoms with Crippen molar-refractivity contribution in [3.8, 4) is 0 Å². The molecule has 0 atom stereocenters. The molecule has 1 aromatic heterocycles. The summed E-state index contributed by atoms with van der Waals surface area (Å²) in [5.41, 5.74) is 5.90. The van der Waals surface area contributed by atoms with E-state index in [1.54, 1.807) is 6.20 Å². The number of nitrogens with zero attached hydrogens (tertiary/aromatic N) is 3. The third-order valence-corrected chi connectivity index (χ3v) is 3.54. The first kappa shape index (κ1) is 11.6. The van der Waals surface area contributed by atoms with Crippen LogP contribution in [-0.4, -0.2) is 29.1 Å². The summed E-state index contributed by atoms with van der Waals surface area (Å²) in [7, 11) is 2.04. The highest BCUT2D eigenvalue weighted by Gasteiger charge is 2.23. The molecular formula is C11H17ClN4. The standard InChI is InChI=1S/C11H17ClN4/c1-16(9-4-2-8(13)3-5-9)11-10(12)6-14-7-15-11/h6-9H,2-5,13H2,1H3. The quantitative estimate of drug-likeness (QED) is 0.857. The van der Waals surface area contributed by atoms with E-state index in [-0.39, 0.29) is 0 Å². The van der Waals surface area contributed by atoms with Crippen molar-refractivity contribution < 1.29 is 0 Å². The zero-order valence-electron chi connectivity index (χ0n) is 9.43. The van der Waals surface area contributed by atoms with Crippen LogP contribution >= 0.6 is 11.6 Å². The van der Waals surface area contributed by atoms with Crippen LogP contribution < -0.4 is 10.6 Å². The van der Waals surface area contributed by atoms with Crippen LogP contribution in [0, 0.1) is 0 Å². The molecule has 0 unspecified atom stereocenters. The number of halogens is 1. The van der Waals surface area contributed by atoms with Gasteiger partial charge in [0.1, 0.15) is 11.3 Å². The Morgan fingerprint density at radius 1 is 1.38 bits per heavy atom. The van der Waals surface area contributed by atoms with Gasteiger partial charge < -0.3 is 10.6 Å². The maximum atomic E-state index is 6.08. The van der Waals surface area contributed by atoms with Gasteiger partial charge in [-0.1, -0.05) is 11.6 Å². The second-order valence-corrected chi connectivity index (χ2v) is 4.78. The second-order valence-electron chi connectivity index (χ2n) is 4.37. The first-order valence-electron chi connectivity index (χ1n) is 5.62. The summed E-state index contributed by atoms with van der Waals surface area (Å²) in [4.78, 5) is 10.3. The van der Waals surface area contributed by atoms with Crippen LogP contribution in [-0.2, 0) is 0 Å². The molecule has 0 bridgehead atoms. The van der Waals surface area contributed by atoms with E-state index in [1.807, 2.05) is 7.05 Å². The molecule has 1 fully saturated rings. The highest BCUT2D eigenvalue weighted by molar-refractivity contribution is 6.32. The summed E-state index contributed by atoms with van der Waals surface area (Å²) >= 11 is 6.08. The van der Waals surface area contributed by atoms with Gasteiger partial charge in [-0.2, -0.15) is 0 Å². The third kappa shape index (κ3) is 2.44. The maximum Gasteiger partial charge on any atom is 0.150 e. The van der Waals surface area contributed by atoms with Gasteiger partial charge in [-0.15, -0.1) is 0 Å². The molecule has 1 aromatic rings. The van der Waals surface area contributed by atoms with Gasteiger partial charge in [0.2, 0.25) is 0 Å². The molecule has 0 amide bonds. The van der Waals surface area contributed by atoms with E-state index in [1.165, 1.54) is 6.33 Å². The fourth-order valence-corrected chi connectivity index (χ4v) is 2.47. The molecule has 2 N–H and O–H groups in total. The van der Waals surface area contributed by atoms with Gasteiger partial charge in [-0.05, 0) is 25.7 Å². The normalized spacial score (nSPS) is 25.4. The van der Waals surface area contributed by atoms with Gasteiger partial charge in [0.05, 0.1) is 6.20 Å². The Labute approximate surface area is 101 Å². The molecule has 0 spiro atoms. The average Bonchev–Trinajstić information content (AvgIpc) is 2.30. The molecule has 1 heterocycles. The van der Waals surface area contributed by atoms with E-state index in [4.69, 9.17) is 17.3 Å². The van der Waals surface area contributed by atoms with E-state index >= 15 is 0 Å². The Kier molecular flexibility index (Phi) is 3.61. The van der Waals surface area contributed by atoms with Gasteiger partial charge in [0.25, 0.3) is 0 Å². The van der Waals surface area contributed by atoms with Gasteiger partial charge in [-0.3, -0.25) is 0 Å². The van der Waals surface area contributed by atoms with Crippen molar-refractivity contribution in [2.75, 3.05) is 11.9 Å². The summed E-state index contributed by atoms with van der Waals surface area (Å²) in [5.74, 6) is 0.817. The lowest BCUT2D eigenvalue weighted by Crippen LogP contribution is -2.39. The van der Waals surface area contributed by atoms with Crippen LogP contribution in [0.4, 0.5) is 5.82 Å². The first-order chi connectivity index (χ1) is 7.68. The summed E-state index contributed by atoms with van der Waals surface area (Å²) in [6.45, 7) is 0. The van der Waals surface area contributed by atoms with Crippen LogP contribution in [0.1, 0.15) is 25.7 Å². The SMILES string of the molecule is CN(c1ncncc1Cl)C1CCC(N)CC1. The van der Waals surface area contributed by atoms with E-state index in [0.717, 1.165) is 31.5 Å². The first-order valence-corrected chi connectivity index (χ1v) is 6.00. The summed E-state index contributed by atoms with van der Waals surface area (Å²) in [5, 5.41) is 0.611. The monoisotopic (exact) mass is 240 g/mol. The number of rotatable bonds is 2. The van der Waals surface area contributed by atoms with Crippen LogP contribution in [0.5, 0.6) is 0 Å². The number of anilines is 1. The molecule has 5 heteroatoms. The van der Waals surface area contributed by atoms with Gasteiger partial charge in [-0.25, -0.2) is 9.97 Å². The molecule has 0 aliphatic heterocycles. The minimum absolute atomic E-state index is 0.366. The largest absolute Gasteiger partial charge is 0.355 e. The fraction of sp³-hybridized carbons (Fsp3) is 0.636. The molecule has 0 saturated heterocycles. The Morgan fingerprint density at radius 2 is 2.06 bits per heavy atom. The van der Waals surface area contributed by atoms with Gasteiger partial charge in [0, 0.05) is 19.1 Å². The highest BCUT2D eigenvalue weighted by Crippen LogP contribution is 2.28. The van der Waals surface area contributed by atoms with Crippen LogP contribution in [0.2, 0.25) is 5.02 Å². The summed E-state index contributed by atoms with van der Waals surface area (Å²) in [6, 6.07) is 0.859. The lowest BCUT2D eigenvalue weighted by molar-refractivity contribution is 0.384. The lowest BCUT2D eigenvalue weighted by atomic mass is 9.91. The summed E-state index contributed by atoms with van der Waals surface area (Å²) < 4.78 is 0. The van der Waals surface area contributed by atoms with Crippen LogP contribution in [0.25, 0.3) is 0 Å². The number of hydrogen-bond acceptors (Lipinski definition) is 4. The van der Waals surface area contributed by atoms with E-state index in [2.05, 4.69) is 14.9 Å². The van der Waals surface area contributed by atoms with Crippen LogP contribution in [0.15, 0.2) is 12.5 Å². The van der Waals surface area contributed by atoms with E-state index in [0.29, 0.717) is 17.1 Å². The van der Waals surface area contributed by atoms with Crippen LogP contribution in [0.3, 0.4) is 0 Å². The predicted octanol–water partition coefficient (Wildman–Crippen LogP) is 1.84. The minimum Gasteiger partial charge on any atom is -0.355 e. The fourth-order valence-electron chi connectivity index (χ4n) is 2.23. The highest BCUT2D eigenvalue weighted by atomic mass is 35.5. The number of aromatic nitrogens is 2. The van der Waals surface area contributed by atoms with Crippen molar-refractivity contribution in [1.82, 2.24) is 9.97 Å². The van der Waals surface area contributed by atoms with Gasteiger partial charge >= 0.3 is 0 Å². The summed E-state index contributed by atoms with van der Waals surface area (Å²) in [6.07, 6.45) is 7.55. The van der Waals surface area contributed by atoms with Crippen molar-refractivity contribution in [2.24, 2.45) is 5.73 Å². The molecule has 1 saturated carbocycles. The van der Waals surface area contributed by atoms with E-state index in [9.17, 15) is 0 Å². The Hall–Kier alpha value is -0.870. The number of hydrogen-bond donors (Lipinski definition) is 1. The predicted molar refractivity (Wildman–Crippen MR) is 65.7 cm³/mol. The molecule has 0 aromatic carbocycles. The molecule has 4 nitrogen and oxygen atoms in total. The topological polar surface area (TPSA) is 55.0 Å². The van der Waals surface area contributed by atoms with E-state index < -0.39 is 0 Å². The van der Waals surface area contributed by atoms with Crippen molar-refractivity contribution in [2.45, 2.75) is 37.8 Å². The Morgan fingerprint density at radius 3 is 2.69 bits per heavy atom. The molecule has 1 aliphatic rings. The van der Waals surface area contributed by atoms with Crippen molar-refractivity contribution in [3.05, 3.63) is 17.5 Å². The Balaban J connectivity index is 2.07. The molecule has 16 heavy (non-hydrogen) atoms. The lowest BCUT2D eigenvalue weighted by Gasteiger charge is -2.34. The third-order valence-electron chi connectivity index (χ3n) is 3.27. The van der Waals surface area contributed by atoms with Crippen molar-refractivity contribution in [1.29, 1.82) is 0 Å². The zero-order valence-corrected chi connectivity index (χ0v) is 10.2. The van der Waals surface area contributed by atoms with Gasteiger partial charge in [0.15, 0.2) is 5.82 Å². The maximum absolute atomic E-state index is 6.08. The molecule has 2 rings (SSSR count). The van der Waals surface area contributed by atoms with Crippen molar-refractivity contribution >= 4 is 17.4 Å². The number of nitrogens with two attached hydrogens (primary N) is 1. The second kappa shape index (κ2) is 4.97. The minimum atomic E-state index is 0.366.